The zero-order chi connectivity index (χ0) is 17.4. The summed E-state index contributed by atoms with van der Waals surface area (Å²) in [6, 6.07) is 8.32. The highest BCUT2D eigenvalue weighted by Gasteiger charge is 2.39. The third kappa shape index (κ3) is 3.10. The van der Waals surface area contributed by atoms with Gasteiger partial charge < -0.3 is 16.0 Å². The van der Waals surface area contributed by atoms with E-state index in [2.05, 4.69) is 15.3 Å². The van der Waals surface area contributed by atoms with Crippen molar-refractivity contribution in [2.45, 2.75) is 18.5 Å². The maximum Gasteiger partial charge on any atom is 0.255 e. The number of amidine groups is 1. The van der Waals surface area contributed by atoms with E-state index in [1.165, 1.54) is 6.07 Å². The second-order valence-electron chi connectivity index (χ2n) is 6.35. The fraction of sp³-hybridized carbons (Fsp3) is 0.278. The van der Waals surface area contributed by atoms with E-state index in [4.69, 9.17) is 5.73 Å². The lowest BCUT2D eigenvalue weighted by Crippen LogP contribution is -2.52. The van der Waals surface area contributed by atoms with E-state index >= 15 is 0 Å². The van der Waals surface area contributed by atoms with Gasteiger partial charge in [0.2, 0.25) is 0 Å². The first-order valence-electron chi connectivity index (χ1n) is 8.20. The Morgan fingerprint density at radius 3 is 2.69 bits per heavy atom. The Balaban J connectivity index is 0.00000196. The molecular weight excluding hydrogens is 357 g/mol. The van der Waals surface area contributed by atoms with Crippen LogP contribution in [0.15, 0.2) is 47.7 Å². The maximum atomic E-state index is 14.0. The van der Waals surface area contributed by atoms with Crippen molar-refractivity contribution in [2.75, 3.05) is 18.4 Å². The number of carbonyl (C=O) groups is 1. The van der Waals surface area contributed by atoms with Crippen molar-refractivity contribution in [3.05, 3.63) is 59.7 Å². The molecule has 136 valence electrons. The SMILES string of the molecule is Cl.NC1=NC2(CCN(C(=O)c3cccnc3)CC2)Nc2cccc(F)c21. The van der Waals surface area contributed by atoms with Crippen molar-refractivity contribution in [2.24, 2.45) is 10.7 Å². The Kier molecular flexibility index (Phi) is 4.82. The molecule has 0 atom stereocenters. The Morgan fingerprint density at radius 2 is 2.00 bits per heavy atom. The molecule has 8 heteroatoms. The molecule has 0 aliphatic carbocycles. The quantitative estimate of drug-likeness (QED) is 0.801. The first-order chi connectivity index (χ1) is 12.1. The summed E-state index contributed by atoms with van der Waals surface area (Å²) in [7, 11) is 0. The van der Waals surface area contributed by atoms with Crippen molar-refractivity contribution in [1.82, 2.24) is 9.88 Å². The second kappa shape index (κ2) is 6.92. The van der Waals surface area contributed by atoms with Crippen LogP contribution in [-0.4, -0.2) is 40.4 Å². The number of aromatic nitrogens is 1. The molecule has 4 rings (SSSR count). The van der Waals surface area contributed by atoms with E-state index in [1.54, 1.807) is 41.6 Å². The number of pyridine rings is 1. The van der Waals surface area contributed by atoms with Gasteiger partial charge in [0.1, 0.15) is 17.3 Å². The minimum absolute atomic E-state index is 0. The number of rotatable bonds is 1. The van der Waals surface area contributed by atoms with E-state index in [0.29, 0.717) is 42.7 Å². The van der Waals surface area contributed by atoms with Crippen LogP contribution in [0.1, 0.15) is 28.8 Å². The molecule has 1 fully saturated rings. The van der Waals surface area contributed by atoms with Gasteiger partial charge in [-0.25, -0.2) is 9.38 Å². The molecule has 1 aromatic heterocycles. The molecule has 0 bridgehead atoms. The molecular formula is C18H19ClFN5O. The van der Waals surface area contributed by atoms with Gasteiger partial charge in [0.15, 0.2) is 0 Å². The Bertz CT molecular complexity index is 850. The topological polar surface area (TPSA) is 83.6 Å². The van der Waals surface area contributed by atoms with E-state index in [9.17, 15) is 9.18 Å². The molecule has 2 aromatic rings. The molecule has 0 saturated carbocycles. The number of fused-ring (bicyclic) bond motifs is 1. The Labute approximate surface area is 156 Å². The molecule has 2 aliphatic rings. The van der Waals surface area contributed by atoms with Crippen LogP contribution in [0.25, 0.3) is 0 Å². The third-order valence-corrected chi connectivity index (χ3v) is 4.76. The van der Waals surface area contributed by atoms with Crippen molar-refractivity contribution in [3.63, 3.8) is 0 Å². The summed E-state index contributed by atoms with van der Waals surface area (Å²) >= 11 is 0. The number of hydrogen-bond donors (Lipinski definition) is 2. The summed E-state index contributed by atoms with van der Waals surface area (Å²) in [5, 5.41) is 3.33. The first kappa shape index (κ1) is 18.1. The third-order valence-electron chi connectivity index (χ3n) is 4.76. The molecule has 26 heavy (non-hydrogen) atoms. The monoisotopic (exact) mass is 375 g/mol. The summed E-state index contributed by atoms with van der Waals surface area (Å²) < 4.78 is 14.0. The number of aliphatic imine (C=N–C) groups is 1. The van der Waals surface area contributed by atoms with Crippen molar-refractivity contribution >= 4 is 29.8 Å². The van der Waals surface area contributed by atoms with Gasteiger partial charge in [0.25, 0.3) is 5.91 Å². The lowest BCUT2D eigenvalue weighted by molar-refractivity contribution is 0.0685. The van der Waals surface area contributed by atoms with Crippen LogP contribution in [-0.2, 0) is 0 Å². The maximum absolute atomic E-state index is 14.0. The first-order valence-corrected chi connectivity index (χ1v) is 8.20. The number of benzene rings is 1. The van der Waals surface area contributed by atoms with E-state index in [-0.39, 0.29) is 30.0 Å². The van der Waals surface area contributed by atoms with Crippen LogP contribution in [0.2, 0.25) is 0 Å². The predicted molar refractivity (Wildman–Crippen MR) is 100 cm³/mol. The van der Waals surface area contributed by atoms with Crippen LogP contribution >= 0.6 is 12.4 Å². The fourth-order valence-electron chi connectivity index (χ4n) is 3.44. The molecule has 1 amide bonds. The van der Waals surface area contributed by atoms with Crippen molar-refractivity contribution in [3.8, 4) is 0 Å². The molecule has 0 unspecified atom stereocenters. The molecule has 1 saturated heterocycles. The number of nitrogens with two attached hydrogens (primary N) is 1. The number of hydrogen-bond acceptors (Lipinski definition) is 5. The van der Waals surface area contributed by atoms with Gasteiger partial charge in [-0.3, -0.25) is 9.78 Å². The lowest BCUT2D eigenvalue weighted by Gasteiger charge is -2.42. The van der Waals surface area contributed by atoms with Gasteiger partial charge in [-0.1, -0.05) is 6.07 Å². The smallest absolute Gasteiger partial charge is 0.255 e. The number of piperidine rings is 1. The van der Waals surface area contributed by atoms with E-state index in [0.717, 1.165) is 0 Å². The standard InChI is InChI=1S/C18H18FN5O.ClH/c19-13-4-1-5-14-15(13)16(20)23-18(22-14)6-9-24(10-7-18)17(25)12-3-2-8-21-11-12;/h1-5,8,11,22H,6-7,9-10H2,(H2,20,23);1H. The number of halogens is 2. The summed E-state index contributed by atoms with van der Waals surface area (Å²) in [5.74, 6) is -0.216. The normalized spacial score (nSPS) is 17.6. The van der Waals surface area contributed by atoms with Crippen molar-refractivity contribution < 1.29 is 9.18 Å². The number of nitrogens with zero attached hydrogens (tertiary/aromatic N) is 3. The molecule has 6 nitrogen and oxygen atoms in total. The zero-order valence-electron chi connectivity index (χ0n) is 14.0. The van der Waals surface area contributed by atoms with Gasteiger partial charge in [-0.15, -0.1) is 12.4 Å². The average Bonchev–Trinajstić information content (AvgIpc) is 2.62. The Morgan fingerprint density at radius 1 is 1.23 bits per heavy atom. The minimum atomic E-state index is -0.587. The Hall–Kier alpha value is -2.67. The van der Waals surface area contributed by atoms with Crippen LogP contribution in [0.5, 0.6) is 0 Å². The predicted octanol–water partition coefficient (Wildman–Crippen LogP) is 2.41. The molecule has 1 spiro atoms. The van der Waals surface area contributed by atoms with Crippen LogP contribution in [0.3, 0.4) is 0 Å². The van der Waals surface area contributed by atoms with E-state index in [1.807, 2.05) is 0 Å². The molecule has 1 aromatic carbocycles. The van der Waals surface area contributed by atoms with Crippen LogP contribution in [0.4, 0.5) is 10.1 Å². The molecule has 3 N–H and O–H groups in total. The number of anilines is 1. The second-order valence-corrected chi connectivity index (χ2v) is 6.35. The number of nitrogens with one attached hydrogen (secondary N) is 1. The van der Waals surface area contributed by atoms with Gasteiger partial charge in [-0.2, -0.15) is 0 Å². The van der Waals surface area contributed by atoms with E-state index < -0.39 is 5.66 Å². The highest BCUT2D eigenvalue weighted by molar-refractivity contribution is 6.04. The number of carbonyl (C=O) groups excluding carboxylic acids is 1. The summed E-state index contributed by atoms with van der Waals surface area (Å²) in [6.07, 6.45) is 4.42. The highest BCUT2D eigenvalue weighted by Crippen LogP contribution is 2.35. The van der Waals surface area contributed by atoms with Gasteiger partial charge in [0.05, 0.1) is 11.1 Å². The van der Waals surface area contributed by atoms with Crippen LogP contribution < -0.4 is 11.1 Å². The average molecular weight is 376 g/mol. The molecule has 0 radical (unpaired) electrons. The van der Waals surface area contributed by atoms with Gasteiger partial charge >= 0.3 is 0 Å². The minimum Gasteiger partial charge on any atom is -0.383 e. The van der Waals surface area contributed by atoms with Gasteiger partial charge in [-0.05, 0) is 24.3 Å². The van der Waals surface area contributed by atoms with Gasteiger partial charge in [0, 0.05) is 44.0 Å². The van der Waals surface area contributed by atoms with Crippen molar-refractivity contribution in [1.29, 1.82) is 0 Å². The highest BCUT2D eigenvalue weighted by atomic mass is 35.5. The molecule has 3 heterocycles. The largest absolute Gasteiger partial charge is 0.383 e. The fourth-order valence-corrected chi connectivity index (χ4v) is 3.44. The summed E-state index contributed by atoms with van der Waals surface area (Å²) in [6.45, 7) is 1.09. The van der Waals surface area contributed by atoms with Crippen LogP contribution in [0, 0.1) is 5.82 Å². The lowest BCUT2D eigenvalue weighted by atomic mass is 9.93. The number of amides is 1. The summed E-state index contributed by atoms with van der Waals surface area (Å²) in [5.41, 5.74) is 6.98. The zero-order valence-corrected chi connectivity index (χ0v) is 14.8. The molecule has 2 aliphatic heterocycles. The number of likely N-dealkylation sites (tertiary alicyclic amines) is 1. The summed E-state index contributed by atoms with van der Waals surface area (Å²) in [4.78, 5) is 22.9.